The van der Waals surface area contributed by atoms with Gasteiger partial charge in [0.1, 0.15) is 0 Å². The molecule has 1 N–H and O–H groups in total. The maximum Gasteiger partial charge on any atom is 0.0605 e. The lowest BCUT2D eigenvalue weighted by Crippen LogP contribution is -2.24. The molecule has 1 aromatic heterocycles. The molecule has 2 rings (SSSR count). The highest BCUT2D eigenvalue weighted by molar-refractivity contribution is 5.31. The van der Waals surface area contributed by atoms with Crippen LogP contribution in [0.15, 0.2) is 36.5 Å². The molecular formula is C18H24N2. The van der Waals surface area contributed by atoms with Gasteiger partial charge in [-0.1, -0.05) is 42.3 Å². The van der Waals surface area contributed by atoms with Crippen molar-refractivity contribution in [1.82, 2.24) is 10.3 Å². The number of nitrogens with one attached hydrogen (secondary N) is 1. The van der Waals surface area contributed by atoms with Gasteiger partial charge in [0.05, 0.1) is 11.7 Å². The van der Waals surface area contributed by atoms with Crippen molar-refractivity contribution in [2.24, 2.45) is 0 Å². The zero-order chi connectivity index (χ0) is 14.5. The van der Waals surface area contributed by atoms with Crippen LogP contribution in [0.3, 0.4) is 0 Å². The predicted octanol–water partition coefficient (Wildman–Crippen LogP) is 3.90. The molecular weight excluding hydrogens is 244 g/mol. The standard InChI is InChI=1S/C18H24N2/c1-5-19-17(18-15(4)7-6-8-20-18)12-16-10-13(2)9-14(3)11-16/h6-11,17,19H,5,12H2,1-4H3. The van der Waals surface area contributed by atoms with E-state index in [1.807, 2.05) is 12.3 Å². The lowest BCUT2D eigenvalue weighted by molar-refractivity contribution is 0.533. The Labute approximate surface area is 122 Å². The fourth-order valence-corrected chi connectivity index (χ4v) is 2.80. The fourth-order valence-electron chi connectivity index (χ4n) is 2.80. The summed E-state index contributed by atoms with van der Waals surface area (Å²) in [6, 6.07) is 11.2. The number of benzene rings is 1. The maximum atomic E-state index is 4.58. The van der Waals surface area contributed by atoms with Crippen LogP contribution in [-0.4, -0.2) is 11.5 Å². The summed E-state index contributed by atoms with van der Waals surface area (Å²) in [6.07, 6.45) is 2.86. The number of aryl methyl sites for hydroxylation is 3. The highest BCUT2D eigenvalue weighted by atomic mass is 14.9. The highest BCUT2D eigenvalue weighted by Crippen LogP contribution is 2.21. The van der Waals surface area contributed by atoms with E-state index in [9.17, 15) is 0 Å². The summed E-state index contributed by atoms with van der Waals surface area (Å²) in [5.41, 5.74) is 6.44. The molecule has 0 fully saturated rings. The van der Waals surface area contributed by atoms with Gasteiger partial charge >= 0.3 is 0 Å². The van der Waals surface area contributed by atoms with Crippen LogP contribution in [0.1, 0.15) is 40.9 Å². The van der Waals surface area contributed by atoms with Gasteiger partial charge < -0.3 is 5.32 Å². The Morgan fingerprint density at radius 1 is 1.10 bits per heavy atom. The van der Waals surface area contributed by atoms with Crippen molar-refractivity contribution >= 4 is 0 Å². The SMILES string of the molecule is CCNC(Cc1cc(C)cc(C)c1)c1ncccc1C. The third kappa shape index (κ3) is 3.67. The van der Waals surface area contributed by atoms with Gasteiger partial charge in [-0.25, -0.2) is 0 Å². The molecule has 0 saturated carbocycles. The van der Waals surface area contributed by atoms with E-state index in [4.69, 9.17) is 0 Å². The van der Waals surface area contributed by atoms with Crippen molar-refractivity contribution in [3.05, 3.63) is 64.5 Å². The first-order valence-corrected chi connectivity index (χ1v) is 7.32. The molecule has 20 heavy (non-hydrogen) atoms. The van der Waals surface area contributed by atoms with Crippen LogP contribution < -0.4 is 5.32 Å². The summed E-state index contributed by atoms with van der Waals surface area (Å²) in [4.78, 5) is 4.58. The van der Waals surface area contributed by atoms with Crippen LogP contribution >= 0.6 is 0 Å². The summed E-state index contributed by atoms with van der Waals surface area (Å²) in [5.74, 6) is 0. The predicted molar refractivity (Wildman–Crippen MR) is 85.0 cm³/mol. The first-order chi connectivity index (χ1) is 9.60. The molecule has 1 atom stereocenters. The van der Waals surface area contributed by atoms with Gasteiger partial charge in [0, 0.05) is 6.20 Å². The number of hydrogen-bond donors (Lipinski definition) is 1. The molecule has 106 valence electrons. The Morgan fingerprint density at radius 3 is 2.40 bits per heavy atom. The minimum atomic E-state index is 0.280. The Hall–Kier alpha value is -1.67. The normalized spacial score (nSPS) is 12.4. The van der Waals surface area contributed by atoms with Crippen LogP contribution in [0.4, 0.5) is 0 Å². The molecule has 0 spiro atoms. The number of rotatable bonds is 5. The Morgan fingerprint density at radius 2 is 1.80 bits per heavy atom. The summed E-state index contributed by atoms with van der Waals surface area (Å²) < 4.78 is 0. The second kappa shape index (κ2) is 6.67. The van der Waals surface area contributed by atoms with Crippen molar-refractivity contribution < 1.29 is 0 Å². The first kappa shape index (κ1) is 14.7. The largest absolute Gasteiger partial charge is 0.309 e. The van der Waals surface area contributed by atoms with Gasteiger partial charge in [-0.3, -0.25) is 4.98 Å². The molecule has 0 saturated heterocycles. The third-order valence-corrected chi connectivity index (χ3v) is 3.55. The summed E-state index contributed by atoms with van der Waals surface area (Å²) >= 11 is 0. The number of hydrogen-bond acceptors (Lipinski definition) is 2. The van der Waals surface area contributed by atoms with Gasteiger partial charge in [-0.05, 0) is 50.9 Å². The lowest BCUT2D eigenvalue weighted by Gasteiger charge is -2.20. The molecule has 0 aliphatic carbocycles. The first-order valence-electron chi connectivity index (χ1n) is 7.32. The maximum absolute atomic E-state index is 4.58. The van der Waals surface area contributed by atoms with Gasteiger partial charge in [0.15, 0.2) is 0 Å². The molecule has 1 aromatic carbocycles. The third-order valence-electron chi connectivity index (χ3n) is 3.55. The average molecular weight is 268 g/mol. The second-order valence-electron chi connectivity index (χ2n) is 5.52. The topological polar surface area (TPSA) is 24.9 Å². The van der Waals surface area contributed by atoms with E-state index in [0.29, 0.717) is 0 Å². The van der Waals surface area contributed by atoms with Crippen molar-refractivity contribution in [2.45, 2.75) is 40.2 Å². The molecule has 2 nitrogen and oxygen atoms in total. The van der Waals surface area contributed by atoms with E-state index in [0.717, 1.165) is 18.7 Å². The van der Waals surface area contributed by atoms with E-state index in [1.54, 1.807) is 0 Å². The minimum absolute atomic E-state index is 0.280. The summed E-state index contributed by atoms with van der Waals surface area (Å²) in [5, 5.41) is 3.56. The van der Waals surface area contributed by atoms with Crippen LogP contribution in [0.2, 0.25) is 0 Å². The quantitative estimate of drug-likeness (QED) is 0.889. The zero-order valence-corrected chi connectivity index (χ0v) is 12.9. The summed E-state index contributed by atoms with van der Waals surface area (Å²) in [6.45, 7) is 9.54. The molecule has 2 aromatic rings. The Balaban J connectivity index is 2.28. The van der Waals surface area contributed by atoms with Crippen molar-refractivity contribution in [2.75, 3.05) is 6.54 Å². The molecule has 0 bridgehead atoms. The minimum Gasteiger partial charge on any atom is -0.309 e. The van der Waals surface area contributed by atoms with E-state index in [2.05, 4.69) is 62.3 Å². The van der Waals surface area contributed by atoms with Gasteiger partial charge in [-0.2, -0.15) is 0 Å². The fraction of sp³-hybridized carbons (Fsp3) is 0.389. The van der Waals surface area contributed by atoms with Crippen molar-refractivity contribution in [3.63, 3.8) is 0 Å². The summed E-state index contributed by atoms with van der Waals surface area (Å²) in [7, 11) is 0. The number of aromatic nitrogens is 1. The molecule has 1 unspecified atom stereocenters. The molecule has 0 aliphatic rings. The highest BCUT2D eigenvalue weighted by Gasteiger charge is 2.14. The van der Waals surface area contributed by atoms with Gasteiger partial charge in [-0.15, -0.1) is 0 Å². The van der Waals surface area contributed by atoms with Crippen LogP contribution in [0.5, 0.6) is 0 Å². The van der Waals surface area contributed by atoms with Crippen LogP contribution in [-0.2, 0) is 6.42 Å². The van der Waals surface area contributed by atoms with Crippen LogP contribution in [0.25, 0.3) is 0 Å². The van der Waals surface area contributed by atoms with Gasteiger partial charge in [0.2, 0.25) is 0 Å². The lowest BCUT2D eigenvalue weighted by atomic mass is 9.97. The number of likely N-dealkylation sites (N-methyl/N-ethyl adjacent to an activating group) is 1. The number of nitrogens with zero attached hydrogens (tertiary/aromatic N) is 1. The van der Waals surface area contributed by atoms with Crippen molar-refractivity contribution in [1.29, 1.82) is 0 Å². The van der Waals surface area contributed by atoms with E-state index in [1.165, 1.54) is 22.3 Å². The molecule has 0 amide bonds. The van der Waals surface area contributed by atoms with Gasteiger partial charge in [0.25, 0.3) is 0 Å². The van der Waals surface area contributed by atoms with E-state index < -0.39 is 0 Å². The van der Waals surface area contributed by atoms with E-state index in [-0.39, 0.29) is 6.04 Å². The second-order valence-corrected chi connectivity index (χ2v) is 5.52. The monoisotopic (exact) mass is 268 g/mol. The smallest absolute Gasteiger partial charge is 0.0605 e. The van der Waals surface area contributed by atoms with Crippen LogP contribution in [0, 0.1) is 20.8 Å². The molecule has 0 aliphatic heterocycles. The van der Waals surface area contributed by atoms with Crippen molar-refractivity contribution in [3.8, 4) is 0 Å². The zero-order valence-electron chi connectivity index (χ0n) is 12.9. The molecule has 0 radical (unpaired) electrons. The average Bonchev–Trinajstić information content (AvgIpc) is 2.37. The Bertz CT molecular complexity index is 555. The van der Waals surface area contributed by atoms with E-state index >= 15 is 0 Å². The molecule has 1 heterocycles. The Kier molecular flexibility index (Phi) is 4.91. The molecule has 2 heteroatoms. The number of pyridine rings is 1.